The Hall–Kier alpha value is -3.70. The van der Waals surface area contributed by atoms with Crippen molar-refractivity contribution in [1.29, 1.82) is 10.5 Å². The lowest BCUT2D eigenvalue weighted by Crippen LogP contribution is -1.97. The van der Waals surface area contributed by atoms with Gasteiger partial charge < -0.3 is 0 Å². The van der Waals surface area contributed by atoms with E-state index < -0.39 is 27.2 Å². The molecule has 0 aliphatic rings. The van der Waals surface area contributed by atoms with Crippen molar-refractivity contribution in [1.82, 2.24) is 0 Å². The highest BCUT2D eigenvalue weighted by Gasteiger charge is 2.20. The largest absolute Gasteiger partial charge is 0.288 e. The fourth-order valence-electron chi connectivity index (χ4n) is 2.08. The van der Waals surface area contributed by atoms with Gasteiger partial charge in [0.15, 0.2) is 0 Å². The van der Waals surface area contributed by atoms with Gasteiger partial charge in [0, 0.05) is 17.7 Å². The highest BCUT2D eigenvalue weighted by Crippen LogP contribution is 2.28. The Bertz CT molecular complexity index is 1100. The predicted octanol–water partition coefficient (Wildman–Crippen LogP) is 5.40. The topological polar surface area (TPSA) is 134 Å². The van der Waals surface area contributed by atoms with Crippen molar-refractivity contribution in [2.45, 2.75) is 13.8 Å². The van der Waals surface area contributed by atoms with Crippen LogP contribution < -0.4 is 0 Å². The second-order valence-electron chi connectivity index (χ2n) is 5.57. The summed E-state index contributed by atoms with van der Waals surface area (Å²) in [6.07, 6.45) is 1.42. The fourth-order valence-corrected chi connectivity index (χ4v) is 2.50. The van der Waals surface area contributed by atoms with Crippen LogP contribution in [-0.2, 0) is 0 Å². The van der Waals surface area contributed by atoms with E-state index in [2.05, 4.69) is 15.9 Å². The Morgan fingerprint density at radius 3 is 1.83 bits per heavy atom. The highest BCUT2D eigenvalue weighted by molar-refractivity contribution is 9.10. The van der Waals surface area contributed by atoms with Crippen LogP contribution in [0.3, 0.4) is 0 Å². The molecule has 0 saturated carbocycles. The Morgan fingerprint density at radius 1 is 0.966 bits per heavy atom. The molecule has 0 amide bonds. The molecule has 0 heterocycles. The van der Waals surface area contributed by atoms with Gasteiger partial charge in [-0.15, -0.1) is 0 Å². The lowest BCUT2D eigenvalue weighted by atomic mass is 10.0. The molecule has 8 nitrogen and oxygen atoms in total. The standard InChI is InChI=1S/C11H9FN2O2.C7H2BrFN2O2/c1-7(2)5-8-9(6-13)11(14(15)16)4-3-10(8)12;8-7-4(3-10)6(11(12)13)2-1-5(7)9/h3-5H,1-2H3;1-2H. The van der Waals surface area contributed by atoms with E-state index in [1.165, 1.54) is 6.08 Å². The van der Waals surface area contributed by atoms with Crippen LogP contribution in [-0.4, -0.2) is 9.85 Å². The van der Waals surface area contributed by atoms with Gasteiger partial charge >= 0.3 is 0 Å². The van der Waals surface area contributed by atoms with Crippen LogP contribution in [0.1, 0.15) is 30.5 Å². The Labute approximate surface area is 171 Å². The van der Waals surface area contributed by atoms with Gasteiger partial charge in [0.25, 0.3) is 11.4 Å². The molecule has 0 spiro atoms. The van der Waals surface area contributed by atoms with Crippen LogP contribution in [0.2, 0.25) is 0 Å². The van der Waals surface area contributed by atoms with Gasteiger partial charge in [-0.05, 0) is 41.9 Å². The third kappa shape index (κ3) is 5.64. The zero-order valence-electron chi connectivity index (χ0n) is 14.9. The van der Waals surface area contributed by atoms with E-state index in [0.717, 1.165) is 29.8 Å². The van der Waals surface area contributed by atoms with Crippen molar-refractivity contribution in [2.24, 2.45) is 0 Å². The highest BCUT2D eigenvalue weighted by atomic mass is 79.9. The average molecular weight is 465 g/mol. The third-order valence-electron chi connectivity index (χ3n) is 3.29. The molecule has 0 bridgehead atoms. The summed E-state index contributed by atoms with van der Waals surface area (Å²) in [6.45, 7) is 3.44. The molecule has 2 aromatic rings. The maximum absolute atomic E-state index is 13.4. The molecular formula is C18H11BrF2N4O4. The smallest absolute Gasteiger partial charge is 0.258 e. The van der Waals surface area contributed by atoms with E-state index >= 15 is 0 Å². The molecule has 2 aromatic carbocycles. The van der Waals surface area contributed by atoms with E-state index in [0.29, 0.717) is 0 Å². The van der Waals surface area contributed by atoms with E-state index in [4.69, 9.17) is 10.5 Å². The van der Waals surface area contributed by atoms with E-state index in [-0.39, 0.29) is 26.9 Å². The molecular weight excluding hydrogens is 454 g/mol. The monoisotopic (exact) mass is 464 g/mol. The fraction of sp³-hybridized carbons (Fsp3) is 0.111. The molecule has 29 heavy (non-hydrogen) atoms. The summed E-state index contributed by atoms with van der Waals surface area (Å²) in [5.74, 6) is -1.33. The van der Waals surface area contributed by atoms with Crippen molar-refractivity contribution in [3.8, 4) is 12.1 Å². The number of benzene rings is 2. The van der Waals surface area contributed by atoms with Crippen molar-refractivity contribution in [2.75, 3.05) is 0 Å². The van der Waals surface area contributed by atoms with Crippen molar-refractivity contribution >= 4 is 33.4 Å². The van der Waals surface area contributed by atoms with Gasteiger partial charge in [-0.3, -0.25) is 20.2 Å². The zero-order valence-corrected chi connectivity index (χ0v) is 16.5. The molecule has 0 unspecified atom stereocenters. The van der Waals surface area contributed by atoms with Gasteiger partial charge in [-0.1, -0.05) is 11.6 Å². The molecule has 0 radical (unpaired) electrons. The van der Waals surface area contributed by atoms with E-state index in [1.807, 2.05) is 0 Å². The first-order valence-electron chi connectivity index (χ1n) is 7.59. The lowest BCUT2D eigenvalue weighted by Gasteiger charge is -2.02. The lowest BCUT2D eigenvalue weighted by molar-refractivity contribution is -0.385. The molecule has 2 rings (SSSR count). The minimum absolute atomic E-state index is 0.0308. The molecule has 0 saturated heterocycles. The number of nitriles is 2. The third-order valence-corrected chi connectivity index (χ3v) is 4.07. The second kappa shape index (κ2) is 10.0. The van der Waals surface area contributed by atoms with Gasteiger partial charge in [0.2, 0.25) is 0 Å². The number of allylic oxidation sites excluding steroid dienone is 1. The molecule has 0 atom stereocenters. The Morgan fingerprint density at radius 2 is 1.41 bits per heavy atom. The molecule has 0 fully saturated rings. The SMILES string of the molecule is CC(C)=Cc1c(F)ccc([N+](=O)[O-])c1C#N.N#Cc1c([N+](=O)[O-])ccc(F)c1Br. The van der Waals surface area contributed by atoms with Gasteiger partial charge in [0.1, 0.15) is 34.9 Å². The molecule has 0 N–H and O–H groups in total. The van der Waals surface area contributed by atoms with Crippen LogP contribution in [0.15, 0.2) is 34.3 Å². The number of halogens is 3. The first kappa shape index (κ1) is 23.3. The van der Waals surface area contributed by atoms with Crippen LogP contribution in [0.4, 0.5) is 20.2 Å². The quantitative estimate of drug-likeness (QED) is 0.440. The van der Waals surface area contributed by atoms with E-state index in [1.54, 1.807) is 26.0 Å². The van der Waals surface area contributed by atoms with Crippen molar-refractivity contribution in [3.63, 3.8) is 0 Å². The van der Waals surface area contributed by atoms with Crippen molar-refractivity contribution < 1.29 is 18.6 Å². The van der Waals surface area contributed by atoms with Crippen LogP contribution >= 0.6 is 15.9 Å². The van der Waals surface area contributed by atoms with Crippen LogP contribution in [0.25, 0.3) is 6.08 Å². The average Bonchev–Trinajstić information content (AvgIpc) is 2.65. The second-order valence-corrected chi connectivity index (χ2v) is 6.36. The van der Waals surface area contributed by atoms with Crippen LogP contribution in [0.5, 0.6) is 0 Å². The number of nitro benzene ring substituents is 2. The first-order chi connectivity index (χ1) is 13.5. The number of hydrogen-bond acceptors (Lipinski definition) is 6. The predicted molar refractivity (Wildman–Crippen MR) is 103 cm³/mol. The minimum Gasteiger partial charge on any atom is -0.258 e. The van der Waals surface area contributed by atoms with E-state index in [9.17, 15) is 29.0 Å². The summed E-state index contributed by atoms with van der Waals surface area (Å²) in [7, 11) is 0. The minimum atomic E-state index is -0.733. The summed E-state index contributed by atoms with van der Waals surface area (Å²) >= 11 is 2.76. The normalized spacial score (nSPS) is 9.34. The zero-order chi connectivity index (χ0) is 22.3. The molecule has 148 valence electrons. The maximum atomic E-state index is 13.4. The summed E-state index contributed by atoms with van der Waals surface area (Å²) in [4.78, 5) is 19.6. The number of nitrogens with zero attached hydrogens (tertiary/aromatic N) is 4. The number of rotatable bonds is 3. The van der Waals surface area contributed by atoms with Crippen LogP contribution in [0, 0.1) is 54.5 Å². The van der Waals surface area contributed by atoms with Gasteiger partial charge in [-0.2, -0.15) is 10.5 Å². The molecule has 0 aliphatic carbocycles. The summed E-state index contributed by atoms with van der Waals surface area (Å²) in [6, 6.07) is 7.10. The number of hydrogen-bond donors (Lipinski definition) is 0. The van der Waals surface area contributed by atoms with Gasteiger partial charge in [0.05, 0.1) is 14.3 Å². The summed E-state index contributed by atoms with van der Waals surface area (Å²) in [5, 5.41) is 38.4. The summed E-state index contributed by atoms with van der Waals surface area (Å²) in [5.41, 5.74) is -0.601. The molecule has 11 heteroatoms. The van der Waals surface area contributed by atoms with Gasteiger partial charge in [-0.25, -0.2) is 8.78 Å². The molecule has 0 aromatic heterocycles. The number of nitro groups is 2. The first-order valence-corrected chi connectivity index (χ1v) is 8.38. The summed E-state index contributed by atoms with van der Waals surface area (Å²) < 4.78 is 26.0. The van der Waals surface area contributed by atoms with Crippen molar-refractivity contribution in [3.05, 3.63) is 82.9 Å². The Balaban J connectivity index is 0.000000296. The maximum Gasteiger partial charge on any atom is 0.288 e. The Kier molecular flexibility index (Phi) is 8.06. The molecule has 0 aliphatic heterocycles.